The van der Waals surface area contributed by atoms with Gasteiger partial charge in [0.2, 0.25) is 0 Å². The maximum Gasteiger partial charge on any atom is 0.254 e. The minimum absolute atomic E-state index is 0.0451. The molecule has 15 heavy (non-hydrogen) atoms. The molecular weight excluding hydrogens is 325 g/mol. The van der Waals surface area contributed by atoms with Crippen LogP contribution in [-0.4, -0.2) is 35.1 Å². The number of thiophene rings is 1. The molecule has 0 aliphatic carbocycles. The van der Waals surface area contributed by atoms with Crippen molar-refractivity contribution >= 4 is 39.8 Å². The van der Waals surface area contributed by atoms with Crippen molar-refractivity contribution < 1.29 is 9.90 Å². The molecule has 0 aliphatic heterocycles. The Balaban J connectivity index is 2.69. The van der Waals surface area contributed by atoms with Crippen LogP contribution in [0, 0.1) is 2.88 Å². The van der Waals surface area contributed by atoms with Crippen LogP contribution in [-0.2, 0) is 0 Å². The first kappa shape index (κ1) is 12.9. The number of hydrogen-bond acceptors (Lipinski definition) is 3. The lowest BCUT2D eigenvalue weighted by Gasteiger charge is -2.25. The van der Waals surface area contributed by atoms with Gasteiger partial charge in [-0.15, -0.1) is 11.3 Å². The fourth-order valence-corrected chi connectivity index (χ4v) is 2.62. The molecule has 1 heterocycles. The monoisotopic (exact) mass is 339 g/mol. The molecule has 3 nitrogen and oxygen atoms in total. The summed E-state index contributed by atoms with van der Waals surface area (Å²) in [5.41, 5.74) is -0.163. The first-order valence-electron chi connectivity index (χ1n) is 4.51. The van der Waals surface area contributed by atoms with Gasteiger partial charge in [-0.3, -0.25) is 4.79 Å². The Morgan fingerprint density at radius 2 is 2.27 bits per heavy atom. The third-order valence-corrected chi connectivity index (χ3v) is 3.57. The van der Waals surface area contributed by atoms with E-state index in [4.69, 9.17) is 0 Å². The molecule has 0 spiro atoms. The average Bonchev–Trinajstić information content (AvgIpc) is 2.47. The van der Waals surface area contributed by atoms with Crippen LogP contribution >= 0.6 is 33.9 Å². The van der Waals surface area contributed by atoms with Gasteiger partial charge in [0, 0.05) is 19.0 Å². The Bertz CT molecular complexity index is 357. The predicted octanol–water partition coefficient (Wildman–Crippen LogP) is 2.20. The maximum atomic E-state index is 11.9. The van der Waals surface area contributed by atoms with Crippen LogP contribution in [0.4, 0.5) is 0 Å². The van der Waals surface area contributed by atoms with Crippen molar-refractivity contribution in [1.29, 1.82) is 0 Å². The Labute approximate surface area is 107 Å². The van der Waals surface area contributed by atoms with E-state index in [9.17, 15) is 9.90 Å². The van der Waals surface area contributed by atoms with Crippen LogP contribution in [0.2, 0.25) is 0 Å². The highest BCUT2D eigenvalue weighted by Crippen LogP contribution is 2.18. The summed E-state index contributed by atoms with van der Waals surface area (Å²) in [6.45, 7) is 3.71. The summed E-state index contributed by atoms with van der Waals surface area (Å²) in [4.78, 5) is 13.4. The second-order valence-corrected chi connectivity index (χ2v) is 6.92. The summed E-state index contributed by atoms with van der Waals surface area (Å²) in [5.74, 6) is -0.0451. The minimum atomic E-state index is -0.854. The Morgan fingerprint density at radius 1 is 1.67 bits per heavy atom. The van der Waals surface area contributed by atoms with Gasteiger partial charge in [-0.1, -0.05) is 0 Å². The molecule has 0 atom stereocenters. The van der Waals surface area contributed by atoms with E-state index in [-0.39, 0.29) is 5.91 Å². The lowest BCUT2D eigenvalue weighted by atomic mass is 10.1. The highest BCUT2D eigenvalue weighted by Gasteiger charge is 2.20. The van der Waals surface area contributed by atoms with E-state index in [1.807, 2.05) is 11.4 Å². The Morgan fingerprint density at radius 3 is 2.67 bits per heavy atom. The lowest BCUT2D eigenvalue weighted by molar-refractivity contribution is 0.0368. The third kappa shape index (κ3) is 4.08. The minimum Gasteiger partial charge on any atom is -0.389 e. The normalized spacial score (nSPS) is 11.5. The highest BCUT2D eigenvalue weighted by atomic mass is 127. The molecule has 1 N–H and O–H groups in total. The Kier molecular flexibility index (Phi) is 4.13. The molecular formula is C10H14INO2S. The van der Waals surface area contributed by atoms with Crippen LogP contribution in [0.1, 0.15) is 24.2 Å². The van der Waals surface area contributed by atoms with Gasteiger partial charge in [0.15, 0.2) is 0 Å². The summed E-state index contributed by atoms with van der Waals surface area (Å²) >= 11 is 3.73. The van der Waals surface area contributed by atoms with Gasteiger partial charge in [0.1, 0.15) is 0 Å². The second kappa shape index (κ2) is 4.80. The van der Waals surface area contributed by atoms with Crippen molar-refractivity contribution in [1.82, 2.24) is 4.90 Å². The molecule has 0 saturated carbocycles. The number of amides is 1. The maximum absolute atomic E-state index is 11.9. The van der Waals surface area contributed by atoms with Crippen molar-refractivity contribution in [3.63, 3.8) is 0 Å². The smallest absolute Gasteiger partial charge is 0.254 e. The van der Waals surface area contributed by atoms with E-state index in [2.05, 4.69) is 22.6 Å². The molecule has 1 amide bonds. The van der Waals surface area contributed by atoms with Crippen molar-refractivity contribution in [2.45, 2.75) is 19.4 Å². The van der Waals surface area contributed by atoms with E-state index in [0.29, 0.717) is 12.1 Å². The Hall–Kier alpha value is -0.140. The zero-order chi connectivity index (χ0) is 11.6. The zero-order valence-corrected chi connectivity index (χ0v) is 11.9. The van der Waals surface area contributed by atoms with Crippen LogP contribution in [0.5, 0.6) is 0 Å². The van der Waals surface area contributed by atoms with Crippen LogP contribution in [0.15, 0.2) is 11.4 Å². The lowest BCUT2D eigenvalue weighted by Crippen LogP contribution is -2.39. The quantitative estimate of drug-likeness (QED) is 0.858. The second-order valence-electron chi connectivity index (χ2n) is 4.11. The fraction of sp³-hybridized carbons (Fsp3) is 0.500. The SMILES string of the molecule is CN(CC(C)(C)O)C(=O)c1csc(I)c1. The van der Waals surface area contributed by atoms with Gasteiger partial charge in [-0.25, -0.2) is 0 Å². The fourth-order valence-electron chi connectivity index (χ4n) is 1.29. The van der Waals surface area contributed by atoms with Crippen LogP contribution in [0.3, 0.4) is 0 Å². The number of carbonyl (C=O) groups is 1. The van der Waals surface area contributed by atoms with Gasteiger partial charge in [-0.05, 0) is 42.5 Å². The van der Waals surface area contributed by atoms with Gasteiger partial charge < -0.3 is 10.0 Å². The molecule has 84 valence electrons. The molecule has 1 aromatic heterocycles. The predicted molar refractivity (Wildman–Crippen MR) is 70.3 cm³/mol. The molecule has 1 aromatic rings. The van der Waals surface area contributed by atoms with E-state index in [0.717, 1.165) is 2.88 Å². The third-order valence-electron chi connectivity index (χ3n) is 1.79. The number of likely N-dealkylation sites (N-methyl/N-ethyl adjacent to an activating group) is 1. The van der Waals surface area contributed by atoms with Crippen molar-refractivity contribution in [2.24, 2.45) is 0 Å². The largest absolute Gasteiger partial charge is 0.389 e. The van der Waals surface area contributed by atoms with E-state index in [1.165, 1.54) is 4.90 Å². The van der Waals surface area contributed by atoms with Gasteiger partial charge in [-0.2, -0.15) is 0 Å². The van der Waals surface area contributed by atoms with E-state index < -0.39 is 5.60 Å². The first-order valence-corrected chi connectivity index (χ1v) is 6.47. The van der Waals surface area contributed by atoms with E-state index in [1.54, 1.807) is 32.2 Å². The standard InChI is InChI=1S/C10H14INO2S/c1-10(2,14)6-12(3)9(13)7-4-8(11)15-5-7/h4-5,14H,6H2,1-3H3. The summed E-state index contributed by atoms with van der Waals surface area (Å²) in [7, 11) is 1.70. The van der Waals surface area contributed by atoms with Gasteiger partial charge in [0.05, 0.1) is 14.0 Å². The number of halogens is 1. The molecule has 0 aromatic carbocycles. The number of rotatable bonds is 3. The van der Waals surface area contributed by atoms with Crippen molar-refractivity contribution in [2.75, 3.05) is 13.6 Å². The van der Waals surface area contributed by atoms with Crippen molar-refractivity contribution in [3.05, 3.63) is 19.9 Å². The topological polar surface area (TPSA) is 40.5 Å². The highest BCUT2D eigenvalue weighted by molar-refractivity contribution is 14.1. The molecule has 0 fully saturated rings. The zero-order valence-electron chi connectivity index (χ0n) is 8.95. The number of hydrogen-bond donors (Lipinski definition) is 1. The number of carbonyl (C=O) groups excluding carboxylic acids is 1. The molecule has 0 radical (unpaired) electrons. The molecule has 0 saturated heterocycles. The summed E-state index contributed by atoms with van der Waals surface area (Å²) in [5, 5.41) is 11.4. The van der Waals surface area contributed by atoms with Crippen LogP contribution in [0.25, 0.3) is 0 Å². The summed E-state index contributed by atoms with van der Waals surface area (Å²) in [6, 6.07) is 1.86. The number of aliphatic hydroxyl groups is 1. The first-order chi connectivity index (χ1) is 6.79. The summed E-state index contributed by atoms with van der Waals surface area (Å²) < 4.78 is 1.09. The van der Waals surface area contributed by atoms with Crippen LogP contribution < -0.4 is 0 Å². The van der Waals surface area contributed by atoms with Crippen molar-refractivity contribution in [3.8, 4) is 0 Å². The van der Waals surface area contributed by atoms with Gasteiger partial charge in [0.25, 0.3) is 5.91 Å². The van der Waals surface area contributed by atoms with Gasteiger partial charge >= 0.3 is 0 Å². The molecule has 0 unspecified atom stereocenters. The molecule has 1 rings (SSSR count). The number of nitrogens with zero attached hydrogens (tertiary/aromatic N) is 1. The molecule has 0 bridgehead atoms. The summed E-state index contributed by atoms with van der Waals surface area (Å²) in [6.07, 6.45) is 0. The average molecular weight is 339 g/mol. The molecule has 5 heteroatoms. The van der Waals surface area contributed by atoms with E-state index >= 15 is 0 Å². The molecule has 0 aliphatic rings.